The molecule has 11 heteroatoms. The molecule has 4 aromatic rings. The number of methoxy groups -OCH3 is 1. The van der Waals surface area contributed by atoms with Crippen LogP contribution in [0.5, 0.6) is 5.75 Å². The number of ether oxygens (including phenoxy) is 1. The van der Waals surface area contributed by atoms with E-state index in [1.54, 1.807) is 18.3 Å². The second-order valence-corrected chi connectivity index (χ2v) is 12.5. The molecule has 214 valence electrons. The topological polar surface area (TPSA) is 91.7 Å². The Morgan fingerprint density at radius 3 is 2.34 bits per heavy atom. The van der Waals surface area contributed by atoms with Crippen molar-refractivity contribution in [2.45, 2.75) is 25.9 Å². The molecule has 0 unspecified atom stereocenters. The van der Waals surface area contributed by atoms with Crippen LogP contribution >= 0.6 is 12.2 Å². The van der Waals surface area contributed by atoms with Crippen LogP contribution in [-0.2, 0) is 10.0 Å². The van der Waals surface area contributed by atoms with Crippen molar-refractivity contribution < 1.29 is 13.2 Å². The van der Waals surface area contributed by atoms with Crippen molar-refractivity contribution in [3.8, 4) is 11.4 Å². The van der Waals surface area contributed by atoms with Gasteiger partial charge in [-0.3, -0.25) is 9.71 Å². The molecule has 9 nitrogen and oxygen atoms in total. The highest BCUT2D eigenvalue weighted by Crippen LogP contribution is 2.45. The number of nitrogens with one attached hydrogen (secondary N) is 2. The minimum Gasteiger partial charge on any atom is -0.494 e. The van der Waals surface area contributed by atoms with E-state index in [0.717, 1.165) is 46.0 Å². The minimum absolute atomic E-state index is 0.228. The van der Waals surface area contributed by atoms with Gasteiger partial charge in [0.05, 0.1) is 36.8 Å². The molecule has 3 heterocycles. The van der Waals surface area contributed by atoms with Gasteiger partial charge in [0, 0.05) is 54.8 Å². The highest BCUT2D eigenvalue weighted by Gasteiger charge is 2.42. The molecule has 41 heavy (non-hydrogen) atoms. The molecule has 0 spiro atoms. The van der Waals surface area contributed by atoms with Crippen LogP contribution in [0.1, 0.15) is 34.7 Å². The van der Waals surface area contributed by atoms with E-state index in [4.69, 9.17) is 17.0 Å². The molecule has 1 aliphatic heterocycles. The van der Waals surface area contributed by atoms with Gasteiger partial charge >= 0.3 is 0 Å². The number of aromatic nitrogens is 2. The first-order valence-corrected chi connectivity index (χ1v) is 15.4. The van der Waals surface area contributed by atoms with Crippen molar-refractivity contribution in [2.75, 3.05) is 42.0 Å². The predicted molar refractivity (Wildman–Crippen MR) is 169 cm³/mol. The van der Waals surface area contributed by atoms with E-state index < -0.39 is 10.0 Å². The Labute approximate surface area is 246 Å². The zero-order valence-corrected chi connectivity index (χ0v) is 25.5. The molecule has 2 aromatic heterocycles. The zero-order chi connectivity index (χ0) is 29.5. The summed E-state index contributed by atoms with van der Waals surface area (Å²) in [7, 11) is 2.08. The van der Waals surface area contributed by atoms with E-state index in [1.807, 2.05) is 38.4 Å². The molecule has 1 saturated heterocycles. The molecular formula is C30H34N6O3S2. The molecule has 0 amide bonds. The maximum atomic E-state index is 11.9. The Morgan fingerprint density at radius 1 is 1.02 bits per heavy atom. The largest absolute Gasteiger partial charge is 0.494 e. The van der Waals surface area contributed by atoms with Gasteiger partial charge in [0.1, 0.15) is 5.75 Å². The Kier molecular flexibility index (Phi) is 7.67. The summed E-state index contributed by atoms with van der Waals surface area (Å²) in [6.07, 6.45) is 2.89. The van der Waals surface area contributed by atoms with Crippen LogP contribution in [-0.4, -0.2) is 50.5 Å². The smallest absolute Gasteiger partial charge is 0.229 e. The quantitative estimate of drug-likeness (QED) is 0.274. The first kappa shape index (κ1) is 28.4. The average Bonchev–Trinajstić information content (AvgIpc) is 3.43. The summed E-state index contributed by atoms with van der Waals surface area (Å²) in [6, 6.07) is 21.4. The lowest BCUT2D eigenvalue weighted by molar-refractivity contribution is 0.417. The summed E-state index contributed by atoms with van der Waals surface area (Å²) < 4.78 is 34.2. The van der Waals surface area contributed by atoms with Crippen molar-refractivity contribution in [3.63, 3.8) is 0 Å². The number of anilines is 3. The lowest BCUT2D eigenvalue weighted by Crippen LogP contribution is -2.29. The van der Waals surface area contributed by atoms with Crippen molar-refractivity contribution in [2.24, 2.45) is 0 Å². The number of rotatable bonds is 8. The van der Waals surface area contributed by atoms with Crippen LogP contribution in [0.3, 0.4) is 0 Å². The van der Waals surface area contributed by atoms with Crippen molar-refractivity contribution in [3.05, 3.63) is 95.6 Å². The fourth-order valence-electron chi connectivity index (χ4n) is 5.45. The normalized spacial score (nSPS) is 16.9. The van der Waals surface area contributed by atoms with E-state index in [2.05, 4.69) is 73.6 Å². The Hall–Kier alpha value is -4.09. The van der Waals surface area contributed by atoms with Gasteiger partial charge < -0.3 is 24.4 Å². The Balaban J connectivity index is 1.64. The number of aryl methyl sites for hydroxylation is 1. The van der Waals surface area contributed by atoms with Gasteiger partial charge in [-0.15, -0.1) is 0 Å². The Morgan fingerprint density at radius 2 is 1.73 bits per heavy atom. The third-order valence-corrected chi connectivity index (χ3v) is 8.18. The van der Waals surface area contributed by atoms with Gasteiger partial charge in [-0.1, -0.05) is 6.07 Å². The van der Waals surface area contributed by atoms with Crippen molar-refractivity contribution in [1.29, 1.82) is 0 Å². The lowest BCUT2D eigenvalue weighted by atomic mass is 9.96. The number of pyridine rings is 1. The summed E-state index contributed by atoms with van der Waals surface area (Å²) in [6.45, 7) is 4.22. The summed E-state index contributed by atoms with van der Waals surface area (Å²) in [4.78, 5) is 8.81. The third-order valence-electron chi connectivity index (χ3n) is 7.27. The molecule has 2 atom stereocenters. The van der Waals surface area contributed by atoms with Gasteiger partial charge in [-0.25, -0.2) is 8.42 Å². The molecular weight excluding hydrogens is 557 g/mol. The molecule has 0 aliphatic carbocycles. The highest BCUT2D eigenvalue weighted by atomic mass is 32.2. The number of hydrogen-bond acceptors (Lipinski definition) is 6. The minimum atomic E-state index is -3.49. The van der Waals surface area contributed by atoms with E-state index >= 15 is 0 Å². The molecule has 0 radical (unpaired) electrons. The predicted octanol–water partition coefficient (Wildman–Crippen LogP) is 5.11. The molecule has 2 aromatic carbocycles. The average molecular weight is 591 g/mol. The number of hydrogen-bond donors (Lipinski definition) is 2. The van der Waals surface area contributed by atoms with Gasteiger partial charge in [0.25, 0.3) is 0 Å². The molecule has 0 saturated carbocycles. The summed E-state index contributed by atoms with van der Waals surface area (Å²) in [5.41, 5.74) is 7.47. The van der Waals surface area contributed by atoms with Crippen LogP contribution < -0.4 is 24.6 Å². The summed E-state index contributed by atoms with van der Waals surface area (Å²) >= 11 is 5.91. The van der Waals surface area contributed by atoms with E-state index in [1.165, 1.54) is 7.11 Å². The van der Waals surface area contributed by atoms with Gasteiger partial charge in [0.2, 0.25) is 10.0 Å². The van der Waals surface area contributed by atoms with Crippen LogP contribution in [0.25, 0.3) is 5.69 Å². The van der Waals surface area contributed by atoms with Crippen LogP contribution in [0.4, 0.5) is 17.1 Å². The molecule has 0 bridgehead atoms. The Bertz CT molecular complexity index is 1690. The second kappa shape index (κ2) is 11.1. The number of sulfonamides is 1. The first-order valence-electron chi connectivity index (χ1n) is 13.1. The number of nitrogens with zero attached hydrogens (tertiary/aromatic N) is 4. The summed E-state index contributed by atoms with van der Waals surface area (Å²) in [5.74, 6) is 0.391. The van der Waals surface area contributed by atoms with Gasteiger partial charge in [0.15, 0.2) is 5.11 Å². The number of benzene rings is 2. The molecule has 5 rings (SSSR count). The SMILES string of the molecule is COc1cc(N2C(=S)N[C@@H](c3ccccn3)[C@@H]2c2cc(C)n(-c3ccc(N(C)C)cc3)c2C)ccc1NS(C)(=O)=O. The lowest BCUT2D eigenvalue weighted by Gasteiger charge is -2.29. The first-order chi connectivity index (χ1) is 19.5. The summed E-state index contributed by atoms with van der Waals surface area (Å²) in [5, 5.41) is 4.04. The van der Waals surface area contributed by atoms with Crippen molar-refractivity contribution in [1.82, 2.24) is 14.9 Å². The van der Waals surface area contributed by atoms with E-state index in [9.17, 15) is 8.42 Å². The van der Waals surface area contributed by atoms with Crippen LogP contribution in [0.2, 0.25) is 0 Å². The second-order valence-electron chi connectivity index (χ2n) is 10.3. The van der Waals surface area contributed by atoms with Crippen molar-refractivity contribution >= 4 is 44.4 Å². The molecule has 1 fully saturated rings. The maximum Gasteiger partial charge on any atom is 0.229 e. The zero-order valence-electron chi connectivity index (χ0n) is 23.9. The molecule has 2 N–H and O–H groups in total. The maximum absolute atomic E-state index is 11.9. The fraction of sp³-hybridized carbons (Fsp3) is 0.267. The van der Waals surface area contributed by atoms with E-state index in [-0.39, 0.29) is 12.1 Å². The van der Waals surface area contributed by atoms with Crippen LogP contribution in [0, 0.1) is 13.8 Å². The van der Waals surface area contributed by atoms with Crippen LogP contribution in [0.15, 0.2) is 72.9 Å². The third kappa shape index (κ3) is 5.59. The van der Waals surface area contributed by atoms with Gasteiger partial charge in [-0.05, 0) is 86.2 Å². The number of thiocarbonyl (C=S) groups is 1. The van der Waals surface area contributed by atoms with E-state index in [0.29, 0.717) is 16.5 Å². The van der Waals surface area contributed by atoms with Gasteiger partial charge in [-0.2, -0.15) is 0 Å². The monoisotopic (exact) mass is 590 g/mol. The fourth-order valence-corrected chi connectivity index (χ4v) is 6.36. The molecule has 1 aliphatic rings. The highest BCUT2D eigenvalue weighted by molar-refractivity contribution is 7.92. The standard InChI is InChI=1S/C30H34N6O3S2/c1-19-17-24(20(2)35(19)22-12-10-21(11-13-22)34(3)4)29-28(26-9-7-8-16-31-26)32-30(40)36(29)23-14-15-25(27(18-23)39-5)33-41(6,37)38/h7-18,28-29,33H,1-6H3,(H,32,40)/t28-,29-/m0/s1.